The van der Waals surface area contributed by atoms with E-state index in [-0.39, 0.29) is 12.2 Å². The van der Waals surface area contributed by atoms with E-state index in [1.807, 2.05) is 13.1 Å². The number of carboxylic acids is 1. The molecule has 0 atom stereocenters. The minimum Gasteiger partial charge on any atom is -0.478 e. The summed E-state index contributed by atoms with van der Waals surface area (Å²) < 4.78 is 1.69. The second-order valence-corrected chi connectivity index (χ2v) is 4.74. The zero-order valence-corrected chi connectivity index (χ0v) is 11.8. The number of hydrogen-bond donors (Lipinski definition) is 3. The Balaban J connectivity index is 1.96. The molecule has 1 heterocycles. The summed E-state index contributed by atoms with van der Waals surface area (Å²) in [5.74, 6) is -0.934. The van der Waals surface area contributed by atoms with Crippen molar-refractivity contribution in [1.29, 1.82) is 0 Å². The number of aliphatic hydroxyl groups is 1. The fraction of sp³-hybridized carbons (Fsp3) is 0.357. The predicted molar refractivity (Wildman–Crippen MR) is 77.2 cm³/mol. The van der Waals surface area contributed by atoms with E-state index in [0.717, 1.165) is 16.9 Å². The molecule has 0 fully saturated rings. The lowest BCUT2D eigenvalue weighted by molar-refractivity contribution is 0.0697. The summed E-state index contributed by atoms with van der Waals surface area (Å²) in [6, 6.07) is 4.94. The van der Waals surface area contributed by atoms with Crippen molar-refractivity contribution in [3.05, 3.63) is 41.2 Å². The number of aromatic carboxylic acids is 1. The highest BCUT2D eigenvalue weighted by atomic mass is 16.4. The molecule has 2 aromatic rings. The summed E-state index contributed by atoms with van der Waals surface area (Å²) in [4.78, 5) is 10.9. The van der Waals surface area contributed by atoms with Crippen molar-refractivity contribution >= 4 is 11.7 Å². The number of benzene rings is 1. The Hall–Kier alpha value is -2.41. The molecule has 0 unspecified atom stereocenters. The van der Waals surface area contributed by atoms with Crippen LogP contribution < -0.4 is 5.32 Å². The molecule has 7 heteroatoms. The smallest absolute Gasteiger partial charge is 0.335 e. The fourth-order valence-electron chi connectivity index (χ4n) is 1.94. The number of carboxylic acid groups (broad SMARTS) is 1. The minimum atomic E-state index is -0.934. The molecule has 2 rings (SSSR count). The van der Waals surface area contributed by atoms with Crippen LogP contribution in [0, 0.1) is 6.92 Å². The van der Waals surface area contributed by atoms with Gasteiger partial charge in [-0.2, -0.15) is 0 Å². The van der Waals surface area contributed by atoms with Crippen molar-refractivity contribution in [2.75, 3.05) is 11.9 Å². The molecule has 0 amide bonds. The van der Waals surface area contributed by atoms with Crippen molar-refractivity contribution in [2.24, 2.45) is 0 Å². The topological polar surface area (TPSA) is 100 Å². The van der Waals surface area contributed by atoms with Crippen molar-refractivity contribution in [3.63, 3.8) is 0 Å². The maximum absolute atomic E-state index is 10.9. The summed E-state index contributed by atoms with van der Waals surface area (Å²) >= 11 is 0. The molecule has 112 valence electrons. The summed E-state index contributed by atoms with van der Waals surface area (Å²) in [7, 11) is 0. The van der Waals surface area contributed by atoms with Crippen LogP contribution in [-0.4, -0.2) is 37.8 Å². The largest absolute Gasteiger partial charge is 0.478 e. The highest BCUT2D eigenvalue weighted by Gasteiger charge is 2.06. The van der Waals surface area contributed by atoms with Crippen molar-refractivity contribution in [2.45, 2.75) is 26.4 Å². The fourth-order valence-corrected chi connectivity index (χ4v) is 1.94. The first-order chi connectivity index (χ1) is 10.1. The van der Waals surface area contributed by atoms with Gasteiger partial charge >= 0.3 is 5.97 Å². The van der Waals surface area contributed by atoms with Crippen LogP contribution in [0.25, 0.3) is 0 Å². The molecule has 0 aliphatic rings. The molecule has 0 radical (unpaired) electrons. The Morgan fingerprint density at radius 1 is 1.43 bits per heavy atom. The van der Waals surface area contributed by atoms with Gasteiger partial charge < -0.3 is 15.5 Å². The van der Waals surface area contributed by atoms with Gasteiger partial charge in [0.25, 0.3) is 0 Å². The zero-order chi connectivity index (χ0) is 15.2. The van der Waals surface area contributed by atoms with Gasteiger partial charge in [-0.05, 0) is 37.1 Å². The van der Waals surface area contributed by atoms with E-state index in [1.165, 1.54) is 0 Å². The van der Waals surface area contributed by atoms with Gasteiger partial charge in [0.1, 0.15) is 5.69 Å². The average molecular weight is 290 g/mol. The Morgan fingerprint density at radius 2 is 2.24 bits per heavy atom. The minimum absolute atomic E-state index is 0.128. The molecular formula is C14H18N4O3. The number of hydrogen-bond acceptors (Lipinski definition) is 5. The third-order valence-electron chi connectivity index (χ3n) is 3.06. The molecule has 7 nitrogen and oxygen atoms in total. The number of aromatic nitrogens is 3. The first-order valence-electron chi connectivity index (χ1n) is 6.68. The van der Waals surface area contributed by atoms with E-state index in [2.05, 4.69) is 15.6 Å². The molecule has 1 aromatic heterocycles. The summed E-state index contributed by atoms with van der Waals surface area (Å²) in [5, 5.41) is 28.9. The summed E-state index contributed by atoms with van der Waals surface area (Å²) in [5.41, 5.74) is 2.79. The maximum Gasteiger partial charge on any atom is 0.335 e. The van der Waals surface area contributed by atoms with E-state index < -0.39 is 5.97 Å². The highest BCUT2D eigenvalue weighted by molar-refractivity contribution is 5.88. The van der Waals surface area contributed by atoms with Crippen LogP contribution in [0.15, 0.2) is 24.4 Å². The first-order valence-corrected chi connectivity index (χ1v) is 6.68. The van der Waals surface area contributed by atoms with Crippen molar-refractivity contribution < 1.29 is 15.0 Å². The third-order valence-corrected chi connectivity index (χ3v) is 3.06. The number of nitrogens with one attached hydrogen (secondary N) is 1. The first kappa shape index (κ1) is 15.0. The average Bonchev–Trinajstić information content (AvgIpc) is 2.91. The molecule has 0 aliphatic carbocycles. The molecular weight excluding hydrogens is 272 g/mol. The van der Waals surface area contributed by atoms with Gasteiger partial charge in [-0.1, -0.05) is 5.21 Å². The van der Waals surface area contributed by atoms with Gasteiger partial charge in [0.15, 0.2) is 0 Å². The molecule has 21 heavy (non-hydrogen) atoms. The number of anilines is 1. The van der Waals surface area contributed by atoms with Crippen molar-refractivity contribution in [3.8, 4) is 0 Å². The number of carbonyl (C=O) groups is 1. The van der Waals surface area contributed by atoms with Gasteiger partial charge in [0.2, 0.25) is 0 Å². The normalized spacial score (nSPS) is 10.6. The number of aryl methyl sites for hydroxylation is 2. The monoisotopic (exact) mass is 290 g/mol. The molecule has 0 spiro atoms. The highest BCUT2D eigenvalue weighted by Crippen LogP contribution is 2.17. The standard InChI is InChI=1S/C14H18N4O3/c1-10-7-11(14(20)21)3-4-13(10)15-8-12-9-18(17-16-12)5-2-6-19/h3-4,7,9,15,19H,2,5-6,8H2,1H3,(H,20,21). The number of aliphatic hydroxyl groups excluding tert-OH is 1. The van der Waals surface area contributed by atoms with Crippen LogP contribution in [-0.2, 0) is 13.1 Å². The van der Waals surface area contributed by atoms with E-state index in [0.29, 0.717) is 19.5 Å². The SMILES string of the molecule is Cc1cc(C(=O)O)ccc1NCc1cn(CCCO)nn1. The Kier molecular flexibility index (Phi) is 4.89. The van der Waals surface area contributed by atoms with Gasteiger partial charge in [-0.25, -0.2) is 4.79 Å². The van der Waals surface area contributed by atoms with Crippen LogP contribution in [0.4, 0.5) is 5.69 Å². The molecule has 0 bridgehead atoms. The van der Waals surface area contributed by atoms with Crippen LogP contribution in [0.5, 0.6) is 0 Å². The second kappa shape index (κ2) is 6.85. The Morgan fingerprint density at radius 3 is 2.90 bits per heavy atom. The molecule has 0 saturated heterocycles. The lowest BCUT2D eigenvalue weighted by atomic mass is 10.1. The van der Waals surface area contributed by atoms with Gasteiger partial charge in [0, 0.05) is 18.8 Å². The van der Waals surface area contributed by atoms with Crippen molar-refractivity contribution in [1.82, 2.24) is 15.0 Å². The van der Waals surface area contributed by atoms with E-state index in [1.54, 1.807) is 22.9 Å². The van der Waals surface area contributed by atoms with E-state index in [4.69, 9.17) is 10.2 Å². The van der Waals surface area contributed by atoms with Crippen LogP contribution in [0.2, 0.25) is 0 Å². The summed E-state index contributed by atoms with van der Waals surface area (Å²) in [6.45, 7) is 3.12. The molecule has 0 aliphatic heterocycles. The molecule has 0 saturated carbocycles. The second-order valence-electron chi connectivity index (χ2n) is 4.74. The predicted octanol–water partition coefficient (Wildman–Crippen LogP) is 1.28. The zero-order valence-electron chi connectivity index (χ0n) is 11.8. The van der Waals surface area contributed by atoms with Gasteiger partial charge in [0.05, 0.1) is 18.3 Å². The Labute approximate surface area is 122 Å². The van der Waals surface area contributed by atoms with Crippen LogP contribution >= 0.6 is 0 Å². The molecule has 3 N–H and O–H groups in total. The van der Waals surface area contributed by atoms with E-state index >= 15 is 0 Å². The lowest BCUT2D eigenvalue weighted by Crippen LogP contribution is -2.03. The molecule has 1 aromatic carbocycles. The Bertz CT molecular complexity index is 624. The van der Waals surface area contributed by atoms with Crippen LogP contribution in [0.3, 0.4) is 0 Å². The lowest BCUT2D eigenvalue weighted by Gasteiger charge is -2.08. The third kappa shape index (κ3) is 4.03. The van der Waals surface area contributed by atoms with Gasteiger partial charge in [-0.15, -0.1) is 5.10 Å². The van der Waals surface area contributed by atoms with Crippen LogP contribution in [0.1, 0.15) is 28.0 Å². The maximum atomic E-state index is 10.9. The van der Waals surface area contributed by atoms with Gasteiger partial charge in [-0.3, -0.25) is 4.68 Å². The number of nitrogens with zero attached hydrogens (tertiary/aromatic N) is 3. The van der Waals surface area contributed by atoms with E-state index in [9.17, 15) is 4.79 Å². The quantitative estimate of drug-likeness (QED) is 0.710. The summed E-state index contributed by atoms with van der Waals surface area (Å²) in [6.07, 6.45) is 2.47. The number of rotatable bonds is 7.